The van der Waals surface area contributed by atoms with E-state index in [2.05, 4.69) is 5.32 Å². The summed E-state index contributed by atoms with van der Waals surface area (Å²) in [5, 5.41) is 19.8. The van der Waals surface area contributed by atoms with Gasteiger partial charge in [-0.15, -0.1) is 0 Å². The van der Waals surface area contributed by atoms with E-state index < -0.39 is 12.0 Å². The van der Waals surface area contributed by atoms with E-state index in [1.165, 1.54) is 18.7 Å². The number of nitrogens with one attached hydrogen (secondary N) is 1. The summed E-state index contributed by atoms with van der Waals surface area (Å²) in [6.07, 6.45) is 1.67. The molecule has 0 aromatic carbocycles. The largest absolute Gasteiger partial charge is 0.480 e. The fraction of sp³-hybridized carbons (Fsp3) is 0.600. The molecule has 0 radical (unpaired) electrons. The second kappa shape index (κ2) is 8.18. The second-order valence-electron chi connectivity index (χ2n) is 3.34. The Morgan fingerprint density at radius 3 is 2.50 bits per heavy atom. The summed E-state index contributed by atoms with van der Waals surface area (Å²) in [4.78, 5) is 21.5. The van der Waals surface area contributed by atoms with Crippen molar-refractivity contribution < 1.29 is 19.8 Å². The van der Waals surface area contributed by atoms with Crippen molar-refractivity contribution in [2.24, 2.45) is 0 Å². The number of aliphatic hydroxyl groups is 1. The van der Waals surface area contributed by atoms with Gasteiger partial charge in [0.25, 0.3) is 0 Å². The van der Waals surface area contributed by atoms with E-state index in [0.29, 0.717) is 11.5 Å². The van der Waals surface area contributed by atoms with E-state index >= 15 is 0 Å². The fourth-order valence-corrected chi connectivity index (χ4v) is 1.99. The maximum atomic E-state index is 10.8. The Hall–Kier alpha value is -1.01. The number of carbonyl (C=O) groups excluding carboxylic acids is 1. The van der Waals surface area contributed by atoms with Crippen LogP contribution in [-0.2, 0) is 9.59 Å². The molecule has 0 bridgehead atoms. The lowest BCUT2D eigenvalue weighted by atomic mass is 10.3. The van der Waals surface area contributed by atoms with Crippen molar-refractivity contribution in [3.8, 4) is 0 Å². The number of aliphatic hydroxyl groups excluding tert-OH is 1. The van der Waals surface area contributed by atoms with Crippen molar-refractivity contribution in [2.75, 3.05) is 18.1 Å². The number of aliphatic carboxylic acids is 1. The van der Waals surface area contributed by atoms with Crippen LogP contribution in [0, 0.1) is 0 Å². The predicted molar refractivity (Wildman–Crippen MR) is 63.4 cm³/mol. The van der Waals surface area contributed by atoms with Crippen molar-refractivity contribution in [1.82, 2.24) is 5.32 Å². The number of thioether (sulfide) groups is 1. The van der Waals surface area contributed by atoms with Gasteiger partial charge in [0.15, 0.2) is 0 Å². The van der Waals surface area contributed by atoms with E-state index in [1.54, 1.807) is 6.08 Å². The van der Waals surface area contributed by atoms with Gasteiger partial charge >= 0.3 is 5.97 Å². The first-order valence-electron chi connectivity index (χ1n) is 4.81. The highest BCUT2D eigenvalue weighted by Crippen LogP contribution is 2.09. The number of hydrogen-bond acceptors (Lipinski definition) is 4. The molecule has 0 saturated heterocycles. The maximum Gasteiger partial charge on any atom is 0.327 e. The van der Waals surface area contributed by atoms with Crippen LogP contribution in [-0.4, -0.2) is 46.2 Å². The molecule has 0 spiro atoms. The van der Waals surface area contributed by atoms with E-state index in [9.17, 15) is 9.59 Å². The molecule has 0 aromatic heterocycles. The SMILES string of the molecule is CC(=O)NC(CSC/C(C)=C/CO)C(=O)O. The standard InChI is InChI=1S/C10H17NO4S/c1-7(3-4-12)5-16-6-9(10(14)15)11-8(2)13/h3,9,12H,4-6H2,1-2H3,(H,11,13)(H,14,15)/b7-3+. The van der Waals surface area contributed by atoms with Crippen molar-refractivity contribution >= 4 is 23.6 Å². The third-order valence-electron chi connectivity index (χ3n) is 1.73. The highest BCUT2D eigenvalue weighted by molar-refractivity contribution is 7.99. The molecule has 16 heavy (non-hydrogen) atoms. The molecule has 0 heterocycles. The summed E-state index contributed by atoms with van der Waals surface area (Å²) >= 11 is 1.40. The van der Waals surface area contributed by atoms with Crippen LogP contribution in [0.15, 0.2) is 11.6 Å². The van der Waals surface area contributed by atoms with E-state index in [-0.39, 0.29) is 12.5 Å². The lowest BCUT2D eigenvalue weighted by Crippen LogP contribution is -2.41. The minimum absolute atomic E-state index is 0.0134. The topological polar surface area (TPSA) is 86.6 Å². The van der Waals surface area contributed by atoms with Crippen LogP contribution in [0.4, 0.5) is 0 Å². The van der Waals surface area contributed by atoms with Crippen LogP contribution >= 0.6 is 11.8 Å². The van der Waals surface area contributed by atoms with Crippen LogP contribution in [0.3, 0.4) is 0 Å². The summed E-state index contributed by atoms with van der Waals surface area (Å²) in [6, 6.07) is -0.857. The highest BCUT2D eigenvalue weighted by atomic mass is 32.2. The zero-order valence-electron chi connectivity index (χ0n) is 9.40. The van der Waals surface area contributed by atoms with Gasteiger partial charge in [0, 0.05) is 18.4 Å². The lowest BCUT2D eigenvalue weighted by Gasteiger charge is -2.12. The van der Waals surface area contributed by atoms with Gasteiger partial charge in [-0.05, 0) is 6.92 Å². The first kappa shape index (κ1) is 15.0. The molecule has 0 fully saturated rings. The van der Waals surface area contributed by atoms with Gasteiger partial charge < -0.3 is 15.5 Å². The Kier molecular flexibility index (Phi) is 7.66. The van der Waals surface area contributed by atoms with Gasteiger partial charge in [-0.25, -0.2) is 4.79 Å². The Balaban J connectivity index is 3.99. The van der Waals surface area contributed by atoms with Gasteiger partial charge in [0.1, 0.15) is 6.04 Å². The summed E-state index contributed by atoms with van der Waals surface area (Å²) in [6.45, 7) is 3.13. The highest BCUT2D eigenvalue weighted by Gasteiger charge is 2.17. The van der Waals surface area contributed by atoms with Crippen LogP contribution in [0.5, 0.6) is 0 Å². The van der Waals surface area contributed by atoms with Crippen LogP contribution in [0.1, 0.15) is 13.8 Å². The van der Waals surface area contributed by atoms with E-state index in [0.717, 1.165) is 5.57 Å². The van der Waals surface area contributed by atoms with Gasteiger partial charge in [-0.2, -0.15) is 11.8 Å². The molecule has 1 atom stereocenters. The third-order valence-corrected chi connectivity index (χ3v) is 2.96. The van der Waals surface area contributed by atoms with E-state index in [4.69, 9.17) is 10.2 Å². The molecular formula is C10H17NO4S. The Morgan fingerprint density at radius 1 is 1.44 bits per heavy atom. The molecule has 6 heteroatoms. The molecule has 92 valence electrons. The van der Waals surface area contributed by atoms with E-state index in [1.807, 2.05) is 6.92 Å². The summed E-state index contributed by atoms with van der Waals surface area (Å²) in [5.74, 6) is -0.433. The summed E-state index contributed by atoms with van der Waals surface area (Å²) in [7, 11) is 0. The average Bonchev–Trinajstić information content (AvgIpc) is 2.15. The van der Waals surface area contributed by atoms with Crippen molar-refractivity contribution in [1.29, 1.82) is 0 Å². The van der Waals surface area contributed by atoms with Crippen molar-refractivity contribution in [2.45, 2.75) is 19.9 Å². The zero-order valence-corrected chi connectivity index (χ0v) is 10.2. The van der Waals surface area contributed by atoms with Crippen molar-refractivity contribution in [3.05, 3.63) is 11.6 Å². The van der Waals surface area contributed by atoms with Crippen LogP contribution < -0.4 is 5.32 Å². The molecule has 0 aliphatic carbocycles. The molecule has 0 aromatic rings. The minimum atomic E-state index is -1.04. The van der Waals surface area contributed by atoms with Gasteiger partial charge in [0.05, 0.1) is 6.61 Å². The predicted octanol–water partition coefficient (Wildman–Crippen LogP) is 0.248. The molecule has 5 nitrogen and oxygen atoms in total. The van der Waals surface area contributed by atoms with Crippen molar-refractivity contribution in [3.63, 3.8) is 0 Å². The smallest absolute Gasteiger partial charge is 0.327 e. The molecule has 0 aliphatic rings. The Labute approximate surface area is 98.9 Å². The van der Waals surface area contributed by atoms with Crippen LogP contribution in [0.2, 0.25) is 0 Å². The zero-order chi connectivity index (χ0) is 12.6. The number of amides is 1. The van der Waals surface area contributed by atoms with Gasteiger partial charge in [-0.3, -0.25) is 4.79 Å². The second-order valence-corrected chi connectivity index (χ2v) is 4.37. The molecule has 0 rings (SSSR count). The Morgan fingerprint density at radius 2 is 2.06 bits per heavy atom. The van der Waals surface area contributed by atoms with Gasteiger partial charge in [-0.1, -0.05) is 11.6 Å². The first-order chi connectivity index (χ1) is 7.47. The first-order valence-corrected chi connectivity index (χ1v) is 5.97. The number of carboxylic acid groups (broad SMARTS) is 1. The molecule has 1 unspecified atom stereocenters. The molecule has 0 saturated carbocycles. The third kappa shape index (κ3) is 7.30. The number of hydrogen-bond donors (Lipinski definition) is 3. The molecule has 0 aliphatic heterocycles. The molecule has 1 amide bonds. The number of rotatable bonds is 7. The normalized spacial score (nSPS) is 13.3. The maximum absolute atomic E-state index is 10.8. The van der Waals surface area contributed by atoms with Crippen LogP contribution in [0.25, 0.3) is 0 Å². The fourth-order valence-electron chi connectivity index (χ4n) is 0.973. The summed E-state index contributed by atoms with van der Waals surface area (Å²) < 4.78 is 0. The monoisotopic (exact) mass is 247 g/mol. The minimum Gasteiger partial charge on any atom is -0.480 e. The number of carbonyl (C=O) groups is 2. The summed E-state index contributed by atoms with van der Waals surface area (Å²) in [5.41, 5.74) is 0.986. The van der Waals surface area contributed by atoms with Gasteiger partial charge in [0.2, 0.25) is 5.91 Å². The molecule has 3 N–H and O–H groups in total. The quantitative estimate of drug-likeness (QED) is 0.561. The average molecular weight is 247 g/mol. The molecular weight excluding hydrogens is 230 g/mol. The Bertz CT molecular complexity index is 278. The lowest BCUT2D eigenvalue weighted by molar-refractivity contribution is -0.140. The number of carboxylic acids is 1.